The number of hydrogen-bond acceptors (Lipinski definition) is 0. The molecule has 0 saturated carbocycles. The highest BCUT2D eigenvalue weighted by atomic mass is 79.9. The zero-order valence-corrected chi connectivity index (χ0v) is 15.8. The molecule has 126 valence electrons. The molecule has 3 heteroatoms. The van der Waals surface area contributed by atoms with Crippen molar-refractivity contribution in [2.24, 2.45) is 0 Å². The van der Waals surface area contributed by atoms with Crippen LogP contribution in [0.15, 0.2) is 60.8 Å². The van der Waals surface area contributed by atoms with Crippen molar-refractivity contribution in [3.8, 4) is 0 Å². The lowest BCUT2D eigenvalue weighted by atomic mass is 9.91. The first-order chi connectivity index (χ1) is 11.3. The van der Waals surface area contributed by atoms with Gasteiger partial charge in [-0.15, -0.1) is 0 Å². The van der Waals surface area contributed by atoms with Crippen molar-refractivity contribution in [1.29, 1.82) is 0 Å². The van der Waals surface area contributed by atoms with Crippen LogP contribution in [0.2, 0.25) is 0 Å². The molecule has 1 aromatic heterocycles. The Kier molecular flexibility index (Phi) is 5.12. The zero-order chi connectivity index (χ0) is 15.7. The number of rotatable bonds is 3. The molecule has 1 saturated heterocycles. The van der Waals surface area contributed by atoms with Crippen LogP contribution in [0.1, 0.15) is 36.4 Å². The molecule has 1 aliphatic rings. The Bertz CT molecular complexity index is 796. The molecule has 1 fully saturated rings. The lowest BCUT2D eigenvalue weighted by molar-refractivity contribution is -0.956. The summed E-state index contributed by atoms with van der Waals surface area (Å²) in [5.74, 6) is 0. The number of piperidine rings is 1. The van der Waals surface area contributed by atoms with Gasteiger partial charge in [0.2, 0.25) is 0 Å². The fourth-order valence-electron chi connectivity index (χ4n) is 4.33. The number of para-hydroxylation sites is 1. The number of quaternary nitrogens is 1. The molecule has 0 spiro atoms. The Labute approximate surface area is 154 Å². The van der Waals surface area contributed by atoms with Crippen LogP contribution in [0.4, 0.5) is 0 Å². The first-order valence-electron chi connectivity index (χ1n) is 8.70. The van der Waals surface area contributed by atoms with Crippen LogP contribution in [0, 0.1) is 0 Å². The molecule has 0 aliphatic carbocycles. The molecular weight excluding hydrogens is 360 g/mol. The number of benzene rings is 2. The minimum Gasteiger partial charge on any atom is -1.00 e. The quantitative estimate of drug-likeness (QED) is 0.665. The van der Waals surface area contributed by atoms with E-state index in [4.69, 9.17) is 0 Å². The molecule has 2 aromatic carbocycles. The Morgan fingerprint density at radius 3 is 2.58 bits per heavy atom. The van der Waals surface area contributed by atoms with E-state index < -0.39 is 0 Å². The Balaban J connectivity index is 0.00000169. The summed E-state index contributed by atoms with van der Waals surface area (Å²) in [7, 11) is 2.44. The van der Waals surface area contributed by atoms with E-state index in [2.05, 4.69) is 72.8 Å². The van der Waals surface area contributed by atoms with Crippen LogP contribution in [0.5, 0.6) is 0 Å². The van der Waals surface area contributed by atoms with E-state index in [1.807, 2.05) is 0 Å². The number of likely N-dealkylation sites (tertiary alicyclic amines) is 1. The normalized spacial score (nSPS) is 23.8. The molecule has 3 aromatic rings. The van der Waals surface area contributed by atoms with Gasteiger partial charge in [0.1, 0.15) is 12.6 Å². The molecule has 4 rings (SSSR count). The Hall–Kier alpha value is -1.58. The van der Waals surface area contributed by atoms with Gasteiger partial charge in [0.15, 0.2) is 0 Å². The maximum Gasteiger partial charge on any atom is 0.117 e. The maximum atomic E-state index is 3.48. The third kappa shape index (κ3) is 3.15. The van der Waals surface area contributed by atoms with Gasteiger partial charge in [0.05, 0.1) is 13.6 Å². The molecule has 1 aliphatic heterocycles. The summed E-state index contributed by atoms with van der Waals surface area (Å²) >= 11 is 0. The van der Waals surface area contributed by atoms with Crippen molar-refractivity contribution in [2.45, 2.75) is 31.8 Å². The van der Waals surface area contributed by atoms with Gasteiger partial charge in [0.25, 0.3) is 0 Å². The van der Waals surface area contributed by atoms with Gasteiger partial charge in [-0.25, -0.2) is 0 Å². The second kappa shape index (κ2) is 7.12. The first kappa shape index (κ1) is 17.2. The summed E-state index contributed by atoms with van der Waals surface area (Å²) in [6.07, 6.45) is 6.21. The molecule has 2 unspecified atom stereocenters. The lowest BCUT2D eigenvalue weighted by Crippen LogP contribution is -3.00. The second-order valence-corrected chi connectivity index (χ2v) is 7.15. The minimum atomic E-state index is 0. The van der Waals surface area contributed by atoms with Gasteiger partial charge in [-0.1, -0.05) is 48.5 Å². The van der Waals surface area contributed by atoms with Crippen LogP contribution in [0.3, 0.4) is 0 Å². The summed E-state index contributed by atoms with van der Waals surface area (Å²) in [4.78, 5) is 3.48. The molecule has 0 amide bonds. The SMILES string of the molecule is C[N+]1(Cc2ccccc2)CCCCC1c1c[nH]c2ccccc12.[Br-]. The van der Waals surface area contributed by atoms with Crippen molar-refractivity contribution < 1.29 is 21.5 Å². The fraction of sp³-hybridized carbons (Fsp3) is 0.333. The molecule has 2 nitrogen and oxygen atoms in total. The molecular formula is C21H25BrN2. The number of nitrogens with zero attached hydrogens (tertiary/aromatic N) is 1. The van der Waals surface area contributed by atoms with Crippen LogP contribution in [-0.2, 0) is 6.54 Å². The van der Waals surface area contributed by atoms with Crippen LogP contribution >= 0.6 is 0 Å². The van der Waals surface area contributed by atoms with E-state index >= 15 is 0 Å². The highest BCUT2D eigenvalue weighted by Crippen LogP contribution is 2.40. The predicted octanol–water partition coefficient (Wildman–Crippen LogP) is 2.04. The molecule has 1 N–H and O–H groups in total. The standard InChI is InChI=1S/C21H25N2.BrH/c1-23(16-17-9-3-2-4-10-17)14-8-7-13-21(23)19-15-22-20-12-6-5-11-18(19)20;/h2-6,9-12,15,21-22H,7-8,13-14,16H2,1H3;1H/q+1;/p-1. The van der Waals surface area contributed by atoms with E-state index in [1.54, 1.807) is 0 Å². The van der Waals surface area contributed by atoms with E-state index in [0.717, 1.165) is 11.0 Å². The van der Waals surface area contributed by atoms with E-state index in [1.165, 1.54) is 47.8 Å². The van der Waals surface area contributed by atoms with Gasteiger partial charge in [-0.3, -0.25) is 0 Å². The molecule has 0 bridgehead atoms. The van der Waals surface area contributed by atoms with Crippen LogP contribution in [-0.4, -0.2) is 23.1 Å². The minimum absolute atomic E-state index is 0. The topological polar surface area (TPSA) is 15.8 Å². The number of hydrogen-bond donors (Lipinski definition) is 1. The average Bonchev–Trinajstić information content (AvgIpc) is 3.00. The smallest absolute Gasteiger partial charge is 0.117 e. The molecule has 24 heavy (non-hydrogen) atoms. The number of aromatic amines is 1. The van der Waals surface area contributed by atoms with E-state index in [-0.39, 0.29) is 17.0 Å². The van der Waals surface area contributed by atoms with Crippen molar-refractivity contribution >= 4 is 10.9 Å². The summed E-state index contributed by atoms with van der Waals surface area (Å²) in [5.41, 5.74) is 4.21. The highest BCUT2D eigenvalue weighted by Gasteiger charge is 2.37. The first-order valence-corrected chi connectivity index (χ1v) is 8.70. The van der Waals surface area contributed by atoms with Crippen molar-refractivity contribution in [1.82, 2.24) is 4.98 Å². The van der Waals surface area contributed by atoms with Crippen molar-refractivity contribution in [3.05, 3.63) is 71.9 Å². The van der Waals surface area contributed by atoms with E-state index in [0.29, 0.717) is 6.04 Å². The third-order valence-electron chi connectivity index (χ3n) is 5.52. The number of H-pyrrole nitrogens is 1. The third-order valence-corrected chi connectivity index (χ3v) is 5.52. The van der Waals surface area contributed by atoms with Crippen molar-refractivity contribution in [2.75, 3.05) is 13.6 Å². The predicted molar refractivity (Wildman–Crippen MR) is 96.1 cm³/mol. The molecule has 0 radical (unpaired) electrons. The van der Waals surface area contributed by atoms with Gasteiger partial charge in [0, 0.05) is 34.6 Å². The van der Waals surface area contributed by atoms with Gasteiger partial charge in [-0.05, 0) is 18.9 Å². The number of nitrogens with one attached hydrogen (secondary N) is 1. The number of halogens is 1. The summed E-state index contributed by atoms with van der Waals surface area (Å²) < 4.78 is 1.12. The zero-order valence-electron chi connectivity index (χ0n) is 14.2. The van der Waals surface area contributed by atoms with Crippen molar-refractivity contribution in [3.63, 3.8) is 0 Å². The monoisotopic (exact) mass is 384 g/mol. The molecule has 2 atom stereocenters. The summed E-state index contributed by atoms with van der Waals surface area (Å²) in [6.45, 7) is 2.38. The van der Waals surface area contributed by atoms with E-state index in [9.17, 15) is 0 Å². The second-order valence-electron chi connectivity index (χ2n) is 7.15. The van der Waals surface area contributed by atoms with Gasteiger partial charge >= 0.3 is 0 Å². The summed E-state index contributed by atoms with van der Waals surface area (Å²) in [6, 6.07) is 20.3. The fourth-order valence-corrected chi connectivity index (χ4v) is 4.33. The number of aromatic nitrogens is 1. The van der Waals surface area contributed by atoms with Gasteiger partial charge < -0.3 is 26.4 Å². The van der Waals surface area contributed by atoms with Gasteiger partial charge in [-0.2, -0.15) is 0 Å². The molecule has 2 heterocycles. The maximum absolute atomic E-state index is 3.48. The Morgan fingerprint density at radius 2 is 1.75 bits per heavy atom. The van der Waals surface area contributed by atoms with Crippen LogP contribution in [0.25, 0.3) is 10.9 Å². The highest BCUT2D eigenvalue weighted by molar-refractivity contribution is 5.83. The average molecular weight is 385 g/mol. The number of fused-ring (bicyclic) bond motifs is 1. The lowest BCUT2D eigenvalue weighted by Gasteiger charge is -2.45. The van der Waals surface area contributed by atoms with Crippen LogP contribution < -0.4 is 17.0 Å². The largest absolute Gasteiger partial charge is 1.00 e. The Morgan fingerprint density at radius 1 is 1.00 bits per heavy atom. The summed E-state index contributed by atoms with van der Waals surface area (Å²) in [5, 5.41) is 1.40.